The lowest BCUT2D eigenvalue weighted by molar-refractivity contribution is -0.147. The van der Waals surface area contributed by atoms with Crippen LogP contribution < -0.4 is 9.47 Å². The molecule has 1 saturated heterocycles. The van der Waals surface area contributed by atoms with E-state index in [1.165, 1.54) is 10.6 Å². The van der Waals surface area contributed by atoms with E-state index in [1.54, 1.807) is 14.0 Å². The van der Waals surface area contributed by atoms with E-state index in [-0.39, 0.29) is 37.7 Å². The second-order valence-corrected chi connectivity index (χ2v) is 9.46. The van der Waals surface area contributed by atoms with Gasteiger partial charge in [0.2, 0.25) is 10.0 Å². The summed E-state index contributed by atoms with van der Waals surface area (Å²) in [5, 5.41) is 0. The molecule has 2 aliphatic rings. The SMILES string of the molecule is CCOC(=O)[C@H]1CN(S(C)(=O)=O)C[C@@H]1c1ccc(OC)c(OC2CCCC2)c1. The second kappa shape index (κ2) is 8.69. The third kappa shape index (κ3) is 4.60. The summed E-state index contributed by atoms with van der Waals surface area (Å²) in [7, 11) is -1.80. The predicted octanol–water partition coefficient (Wildman–Crippen LogP) is 2.55. The van der Waals surface area contributed by atoms with Gasteiger partial charge in [-0.05, 0) is 50.3 Å². The van der Waals surface area contributed by atoms with Crippen LogP contribution in [-0.2, 0) is 19.6 Å². The number of nitrogens with zero attached hydrogens (tertiary/aromatic N) is 1. The fourth-order valence-corrected chi connectivity index (χ4v) is 4.93. The number of benzene rings is 1. The van der Waals surface area contributed by atoms with Crippen molar-refractivity contribution in [3.63, 3.8) is 0 Å². The molecule has 0 unspecified atom stereocenters. The normalized spacial score (nSPS) is 23.7. The summed E-state index contributed by atoms with van der Waals surface area (Å²) in [5.74, 6) is 0.0920. The van der Waals surface area contributed by atoms with Gasteiger partial charge < -0.3 is 14.2 Å². The summed E-state index contributed by atoms with van der Waals surface area (Å²) < 4.78 is 42.3. The van der Waals surface area contributed by atoms with Crippen LogP contribution >= 0.6 is 0 Å². The number of esters is 1. The second-order valence-electron chi connectivity index (χ2n) is 7.48. The summed E-state index contributed by atoms with van der Waals surface area (Å²) >= 11 is 0. The smallest absolute Gasteiger partial charge is 0.310 e. The molecule has 1 saturated carbocycles. The monoisotopic (exact) mass is 411 g/mol. The van der Waals surface area contributed by atoms with Crippen LogP contribution in [-0.4, -0.2) is 57.9 Å². The van der Waals surface area contributed by atoms with E-state index in [0.29, 0.717) is 11.5 Å². The highest BCUT2D eigenvalue weighted by Gasteiger charge is 2.43. The van der Waals surface area contributed by atoms with Gasteiger partial charge in [0.05, 0.1) is 32.0 Å². The molecule has 1 aliphatic heterocycles. The van der Waals surface area contributed by atoms with E-state index in [2.05, 4.69) is 0 Å². The number of carbonyl (C=O) groups excluding carboxylic acids is 1. The van der Waals surface area contributed by atoms with Crippen LogP contribution in [0.1, 0.15) is 44.1 Å². The molecule has 1 aromatic rings. The number of ether oxygens (including phenoxy) is 3. The molecule has 0 bridgehead atoms. The molecule has 28 heavy (non-hydrogen) atoms. The van der Waals surface area contributed by atoms with E-state index in [9.17, 15) is 13.2 Å². The maximum absolute atomic E-state index is 12.5. The lowest BCUT2D eigenvalue weighted by atomic mass is 9.89. The fourth-order valence-electron chi connectivity index (χ4n) is 4.07. The van der Waals surface area contributed by atoms with Gasteiger partial charge in [-0.3, -0.25) is 4.79 Å². The van der Waals surface area contributed by atoms with Crippen LogP contribution in [0.4, 0.5) is 0 Å². The quantitative estimate of drug-likeness (QED) is 0.642. The Morgan fingerprint density at radius 2 is 1.89 bits per heavy atom. The van der Waals surface area contributed by atoms with Gasteiger partial charge in [0.25, 0.3) is 0 Å². The average molecular weight is 412 g/mol. The van der Waals surface area contributed by atoms with E-state index < -0.39 is 15.9 Å². The first kappa shape index (κ1) is 20.9. The fraction of sp³-hybridized carbons (Fsp3) is 0.650. The highest BCUT2D eigenvalue weighted by atomic mass is 32.2. The van der Waals surface area contributed by atoms with Gasteiger partial charge in [-0.25, -0.2) is 12.7 Å². The minimum absolute atomic E-state index is 0.132. The molecule has 0 radical (unpaired) electrons. The van der Waals surface area contributed by atoms with E-state index in [0.717, 1.165) is 31.2 Å². The van der Waals surface area contributed by atoms with E-state index in [1.807, 2.05) is 18.2 Å². The van der Waals surface area contributed by atoms with Crippen molar-refractivity contribution in [2.24, 2.45) is 5.92 Å². The summed E-state index contributed by atoms with van der Waals surface area (Å²) in [6, 6.07) is 5.59. The summed E-state index contributed by atoms with van der Waals surface area (Å²) in [6.07, 6.45) is 5.68. The van der Waals surface area contributed by atoms with Crippen LogP contribution in [0.25, 0.3) is 0 Å². The zero-order valence-electron chi connectivity index (χ0n) is 16.7. The molecule has 2 fully saturated rings. The molecular formula is C20H29NO6S. The number of methoxy groups -OCH3 is 1. The van der Waals surface area contributed by atoms with Crippen LogP contribution in [0.3, 0.4) is 0 Å². The highest BCUT2D eigenvalue weighted by Crippen LogP contribution is 2.39. The Balaban J connectivity index is 1.90. The molecule has 8 heteroatoms. The Kier molecular flexibility index (Phi) is 6.50. The first-order chi connectivity index (χ1) is 13.3. The van der Waals surface area contributed by atoms with Gasteiger partial charge in [-0.15, -0.1) is 0 Å². The standard InChI is InChI=1S/C20H29NO6S/c1-4-26-20(22)17-13-21(28(3,23)24)12-16(17)14-9-10-18(25-2)19(11-14)27-15-7-5-6-8-15/h9-11,15-17H,4-8,12-13H2,1-3H3/t16-,17+/m1/s1. The number of carbonyl (C=O) groups is 1. The Morgan fingerprint density at radius 3 is 2.50 bits per heavy atom. The lowest BCUT2D eigenvalue weighted by Gasteiger charge is -2.21. The molecule has 0 amide bonds. The number of hydrogen-bond acceptors (Lipinski definition) is 6. The molecule has 0 N–H and O–H groups in total. The third-order valence-electron chi connectivity index (χ3n) is 5.56. The molecule has 1 heterocycles. The minimum atomic E-state index is -3.40. The number of hydrogen-bond donors (Lipinski definition) is 0. The van der Waals surface area contributed by atoms with Gasteiger partial charge in [-0.2, -0.15) is 0 Å². The van der Waals surface area contributed by atoms with E-state index >= 15 is 0 Å². The maximum Gasteiger partial charge on any atom is 0.310 e. The molecule has 7 nitrogen and oxygen atoms in total. The van der Waals surface area contributed by atoms with Crippen LogP contribution in [0.15, 0.2) is 18.2 Å². The zero-order chi connectivity index (χ0) is 20.3. The molecule has 1 aromatic carbocycles. The van der Waals surface area contributed by atoms with Crippen LogP contribution in [0.2, 0.25) is 0 Å². The lowest BCUT2D eigenvalue weighted by Crippen LogP contribution is -2.29. The van der Waals surface area contributed by atoms with Crippen molar-refractivity contribution in [2.45, 2.75) is 44.6 Å². The van der Waals surface area contributed by atoms with Crippen molar-refractivity contribution in [2.75, 3.05) is 33.1 Å². The van der Waals surface area contributed by atoms with Gasteiger partial charge in [-0.1, -0.05) is 6.07 Å². The Labute approximate surface area is 167 Å². The average Bonchev–Trinajstić information content (AvgIpc) is 3.31. The van der Waals surface area contributed by atoms with Crippen molar-refractivity contribution >= 4 is 16.0 Å². The minimum Gasteiger partial charge on any atom is -0.493 e. The zero-order valence-corrected chi connectivity index (χ0v) is 17.5. The molecular weight excluding hydrogens is 382 g/mol. The van der Waals surface area contributed by atoms with Crippen molar-refractivity contribution in [1.29, 1.82) is 0 Å². The Hall–Kier alpha value is -1.80. The predicted molar refractivity (Wildman–Crippen MR) is 105 cm³/mol. The number of sulfonamides is 1. The summed E-state index contributed by atoms with van der Waals surface area (Å²) in [4.78, 5) is 12.5. The molecule has 0 aromatic heterocycles. The summed E-state index contributed by atoms with van der Waals surface area (Å²) in [5.41, 5.74) is 0.859. The van der Waals surface area contributed by atoms with Crippen molar-refractivity contribution in [3.05, 3.63) is 23.8 Å². The topological polar surface area (TPSA) is 82.1 Å². The largest absolute Gasteiger partial charge is 0.493 e. The highest BCUT2D eigenvalue weighted by molar-refractivity contribution is 7.88. The Bertz CT molecular complexity index is 803. The molecule has 0 spiro atoms. The maximum atomic E-state index is 12.5. The van der Waals surface area contributed by atoms with Crippen molar-refractivity contribution < 1.29 is 27.4 Å². The van der Waals surface area contributed by atoms with Crippen molar-refractivity contribution in [3.8, 4) is 11.5 Å². The van der Waals surface area contributed by atoms with Gasteiger partial charge >= 0.3 is 5.97 Å². The van der Waals surface area contributed by atoms with Gasteiger partial charge in [0, 0.05) is 19.0 Å². The number of rotatable bonds is 7. The molecule has 3 rings (SSSR count). The first-order valence-electron chi connectivity index (χ1n) is 9.79. The molecule has 156 valence electrons. The molecule has 1 aliphatic carbocycles. The van der Waals surface area contributed by atoms with Crippen LogP contribution in [0.5, 0.6) is 11.5 Å². The summed E-state index contributed by atoms with van der Waals surface area (Å²) in [6.45, 7) is 2.39. The van der Waals surface area contributed by atoms with Gasteiger partial charge in [0.1, 0.15) is 0 Å². The first-order valence-corrected chi connectivity index (χ1v) is 11.6. The molecule has 2 atom stereocenters. The third-order valence-corrected chi connectivity index (χ3v) is 6.79. The van der Waals surface area contributed by atoms with Gasteiger partial charge in [0.15, 0.2) is 11.5 Å². The van der Waals surface area contributed by atoms with E-state index in [4.69, 9.17) is 14.2 Å². The van der Waals surface area contributed by atoms with Crippen molar-refractivity contribution in [1.82, 2.24) is 4.31 Å². The Morgan fingerprint density at radius 1 is 1.18 bits per heavy atom. The van der Waals surface area contributed by atoms with Crippen LogP contribution in [0, 0.1) is 5.92 Å².